The van der Waals surface area contributed by atoms with E-state index in [4.69, 9.17) is 0 Å². The number of carbonyl (C=O) groups is 1. The van der Waals surface area contributed by atoms with Gasteiger partial charge < -0.3 is 10.6 Å². The van der Waals surface area contributed by atoms with E-state index in [1.54, 1.807) is 31.2 Å². The summed E-state index contributed by atoms with van der Waals surface area (Å²) in [6.45, 7) is 1.62. The first-order chi connectivity index (χ1) is 10.9. The van der Waals surface area contributed by atoms with Crippen molar-refractivity contribution in [1.29, 1.82) is 0 Å². The first-order valence-electron chi connectivity index (χ1n) is 6.79. The molecule has 0 saturated heterocycles. The molecule has 3 nitrogen and oxygen atoms in total. The standard InChI is InChI=1S/C16H15F3N2OS/c1-10-2-3-12(8-14(10)17)20-9-15(22)21-11-4-6-13(7-5-11)23-16(18)19/h2-8,16,20H,9H2,1H3,(H,21,22). The monoisotopic (exact) mass is 340 g/mol. The SMILES string of the molecule is Cc1ccc(NCC(=O)Nc2ccc(SC(F)F)cc2)cc1F. The molecule has 0 aliphatic heterocycles. The summed E-state index contributed by atoms with van der Waals surface area (Å²) >= 11 is 0.442. The Labute approximate surface area is 136 Å². The Morgan fingerprint density at radius 3 is 2.39 bits per heavy atom. The van der Waals surface area contributed by atoms with Crippen molar-refractivity contribution in [3.05, 3.63) is 53.8 Å². The largest absolute Gasteiger partial charge is 0.376 e. The van der Waals surface area contributed by atoms with Crippen LogP contribution in [-0.4, -0.2) is 18.2 Å². The molecule has 0 fully saturated rings. The molecule has 0 spiro atoms. The number of aryl methyl sites for hydroxylation is 1. The normalized spacial score (nSPS) is 10.7. The number of benzene rings is 2. The van der Waals surface area contributed by atoms with Gasteiger partial charge in [0.1, 0.15) is 5.82 Å². The highest BCUT2D eigenvalue weighted by molar-refractivity contribution is 7.99. The molecule has 7 heteroatoms. The fraction of sp³-hybridized carbons (Fsp3) is 0.188. The Hall–Kier alpha value is -2.15. The minimum Gasteiger partial charge on any atom is -0.376 e. The predicted molar refractivity (Wildman–Crippen MR) is 86.6 cm³/mol. The zero-order valence-corrected chi connectivity index (χ0v) is 13.1. The van der Waals surface area contributed by atoms with Crippen molar-refractivity contribution in [2.24, 2.45) is 0 Å². The van der Waals surface area contributed by atoms with Crippen LogP contribution in [0.25, 0.3) is 0 Å². The topological polar surface area (TPSA) is 41.1 Å². The molecule has 0 unspecified atom stereocenters. The van der Waals surface area contributed by atoms with Gasteiger partial charge in [0.25, 0.3) is 5.76 Å². The molecule has 0 aromatic heterocycles. The lowest BCUT2D eigenvalue weighted by Crippen LogP contribution is -2.21. The van der Waals surface area contributed by atoms with Crippen LogP contribution in [0.3, 0.4) is 0 Å². The van der Waals surface area contributed by atoms with Gasteiger partial charge in [0.15, 0.2) is 0 Å². The maximum Gasteiger partial charge on any atom is 0.288 e. The van der Waals surface area contributed by atoms with Crippen LogP contribution in [-0.2, 0) is 4.79 Å². The summed E-state index contributed by atoms with van der Waals surface area (Å²) in [4.78, 5) is 12.2. The summed E-state index contributed by atoms with van der Waals surface area (Å²) < 4.78 is 37.8. The maximum atomic E-state index is 13.4. The smallest absolute Gasteiger partial charge is 0.288 e. The summed E-state index contributed by atoms with van der Waals surface area (Å²) in [5.74, 6) is -3.14. The Morgan fingerprint density at radius 2 is 1.78 bits per heavy atom. The van der Waals surface area contributed by atoms with Gasteiger partial charge >= 0.3 is 0 Å². The van der Waals surface area contributed by atoms with Crippen LogP contribution >= 0.6 is 11.8 Å². The predicted octanol–water partition coefficient (Wildman–Crippen LogP) is 4.50. The van der Waals surface area contributed by atoms with Crippen LogP contribution in [0.1, 0.15) is 5.56 Å². The van der Waals surface area contributed by atoms with Gasteiger partial charge in [0.2, 0.25) is 5.91 Å². The Kier molecular flexibility index (Phi) is 5.92. The number of halogens is 3. The molecule has 2 N–H and O–H groups in total. The van der Waals surface area contributed by atoms with E-state index in [9.17, 15) is 18.0 Å². The number of carbonyl (C=O) groups excluding carboxylic acids is 1. The van der Waals surface area contributed by atoms with Gasteiger partial charge in [0, 0.05) is 16.3 Å². The van der Waals surface area contributed by atoms with E-state index >= 15 is 0 Å². The fourth-order valence-corrected chi connectivity index (χ4v) is 2.31. The van der Waals surface area contributed by atoms with E-state index < -0.39 is 5.76 Å². The summed E-state index contributed by atoms with van der Waals surface area (Å²) in [6.07, 6.45) is 0. The van der Waals surface area contributed by atoms with Crippen LogP contribution in [0.5, 0.6) is 0 Å². The number of hydrogen-bond donors (Lipinski definition) is 2. The number of thioether (sulfide) groups is 1. The van der Waals surface area contributed by atoms with E-state index in [0.717, 1.165) is 0 Å². The average Bonchev–Trinajstić information content (AvgIpc) is 2.50. The van der Waals surface area contributed by atoms with Crippen LogP contribution < -0.4 is 10.6 Å². The number of nitrogens with one attached hydrogen (secondary N) is 2. The molecule has 0 aliphatic rings. The van der Waals surface area contributed by atoms with Crippen molar-refractivity contribution in [3.63, 3.8) is 0 Å². The molecule has 122 valence electrons. The second-order valence-corrected chi connectivity index (χ2v) is 5.83. The van der Waals surface area contributed by atoms with Crippen molar-refractivity contribution in [3.8, 4) is 0 Å². The highest BCUT2D eigenvalue weighted by Crippen LogP contribution is 2.26. The lowest BCUT2D eigenvalue weighted by atomic mass is 10.2. The summed E-state index contributed by atoms with van der Waals surface area (Å²) in [5.41, 5.74) is 1.54. The van der Waals surface area contributed by atoms with E-state index in [-0.39, 0.29) is 18.3 Å². The van der Waals surface area contributed by atoms with Crippen molar-refractivity contribution in [1.82, 2.24) is 0 Å². The van der Waals surface area contributed by atoms with E-state index in [1.807, 2.05) is 0 Å². The molecular formula is C16H15F3N2OS. The first-order valence-corrected chi connectivity index (χ1v) is 7.67. The van der Waals surface area contributed by atoms with Gasteiger partial charge in [-0.15, -0.1) is 0 Å². The molecule has 2 aromatic rings. The van der Waals surface area contributed by atoms with Crippen molar-refractivity contribution < 1.29 is 18.0 Å². The zero-order valence-electron chi connectivity index (χ0n) is 12.3. The summed E-state index contributed by atoms with van der Waals surface area (Å²) in [6, 6.07) is 10.7. The van der Waals surface area contributed by atoms with E-state index in [2.05, 4.69) is 10.6 Å². The zero-order chi connectivity index (χ0) is 16.8. The second kappa shape index (κ2) is 7.92. The molecule has 1 amide bonds. The number of anilines is 2. The highest BCUT2D eigenvalue weighted by Gasteiger charge is 2.07. The molecular weight excluding hydrogens is 325 g/mol. The quantitative estimate of drug-likeness (QED) is 0.761. The first kappa shape index (κ1) is 17.2. The molecule has 0 saturated carbocycles. The highest BCUT2D eigenvalue weighted by atomic mass is 32.2. The van der Waals surface area contributed by atoms with Crippen LogP contribution in [0.4, 0.5) is 24.5 Å². The Bertz CT molecular complexity index is 678. The fourth-order valence-electron chi connectivity index (χ4n) is 1.81. The van der Waals surface area contributed by atoms with Gasteiger partial charge in [-0.1, -0.05) is 17.8 Å². The van der Waals surface area contributed by atoms with Crippen LogP contribution in [0.15, 0.2) is 47.4 Å². The third-order valence-electron chi connectivity index (χ3n) is 2.99. The van der Waals surface area contributed by atoms with Gasteiger partial charge in [-0.25, -0.2) is 4.39 Å². The van der Waals surface area contributed by atoms with Gasteiger partial charge in [-0.2, -0.15) is 8.78 Å². The van der Waals surface area contributed by atoms with Crippen molar-refractivity contribution >= 4 is 29.0 Å². The number of alkyl halides is 2. The minimum atomic E-state index is -2.48. The molecule has 0 aliphatic carbocycles. The minimum absolute atomic E-state index is 0.0317. The van der Waals surface area contributed by atoms with Gasteiger partial charge in [0.05, 0.1) is 6.54 Å². The maximum absolute atomic E-state index is 13.4. The van der Waals surface area contributed by atoms with E-state index in [1.165, 1.54) is 18.2 Å². The van der Waals surface area contributed by atoms with E-state index in [0.29, 0.717) is 33.6 Å². The number of amides is 1. The lowest BCUT2D eigenvalue weighted by molar-refractivity contribution is -0.114. The summed E-state index contributed by atoms with van der Waals surface area (Å²) in [7, 11) is 0. The number of rotatable bonds is 6. The van der Waals surface area contributed by atoms with Crippen LogP contribution in [0, 0.1) is 12.7 Å². The lowest BCUT2D eigenvalue weighted by Gasteiger charge is -2.09. The number of hydrogen-bond acceptors (Lipinski definition) is 3. The summed E-state index contributed by atoms with van der Waals surface area (Å²) in [5, 5.41) is 5.44. The molecule has 2 rings (SSSR count). The third-order valence-corrected chi connectivity index (χ3v) is 3.71. The molecule has 23 heavy (non-hydrogen) atoms. The van der Waals surface area contributed by atoms with Crippen molar-refractivity contribution in [2.45, 2.75) is 17.6 Å². The molecule has 0 heterocycles. The molecule has 0 radical (unpaired) electrons. The van der Waals surface area contributed by atoms with Crippen LogP contribution in [0.2, 0.25) is 0 Å². The molecule has 2 aromatic carbocycles. The van der Waals surface area contributed by atoms with Gasteiger partial charge in [-0.05, 0) is 48.9 Å². The third kappa shape index (κ3) is 5.52. The molecule has 0 atom stereocenters. The average molecular weight is 340 g/mol. The van der Waals surface area contributed by atoms with Crippen molar-refractivity contribution in [2.75, 3.05) is 17.2 Å². The Balaban J connectivity index is 1.85. The molecule has 0 bridgehead atoms. The second-order valence-electron chi connectivity index (χ2n) is 4.77. The van der Waals surface area contributed by atoms with Gasteiger partial charge in [-0.3, -0.25) is 4.79 Å². The Morgan fingerprint density at radius 1 is 1.13 bits per heavy atom.